The summed E-state index contributed by atoms with van der Waals surface area (Å²) in [7, 11) is 0. The van der Waals surface area contributed by atoms with Crippen LogP contribution in [-0.2, 0) is 0 Å². The number of pyridine rings is 1. The van der Waals surface area contributed by atoms with Crippen molar-refractivity contribution in [1.82, 2.24) is 4.98 Å². The van der Waals surface area contributed by atoms with Gasteiger partial charge in [-0.3, -0.25) is 4.98 Å². The molecule has 2 heterocycles. The van der Waals surface area contributed by atoms with Gasteiger partial charge in [0, 0.05) is 16.0 Å². The molecule has 0 aliphatic heterocycles. The van der Waals surface area contributed by atoms with Crippen LogP contribution in [-0.4, -0.2) is 4.98 Å². The van der Waals surface area contributed by atoms with Crippen molar-refractivity contribution in [2.45, 2.75) is 13.0 Å². The van der Waals surface area contributed by atoms with Crippen LogP contribution >= 0.6 is 11.3 Å². The van der Waals surface area contributed by atoms with Gasteiger partial charge in [0.1, 0.15) is 5.82 Å². The van der Waals surface area contributed by atoms with E-state index in [1.807, 2.05) is 19.1 Å². The van der Waals surface area contributed by atoms with Crippen LogP contribution in [0, 0.1) is 12.7 Å². The van der Waals surface area contributed by atoms with Crippen molar-refractivity contribution >= 4 is 11.3 Å². The van der Waals surface area contributed by atoms with Crippen LogP contribution in [0.4, 0.5) is 4.39 Å². The maximum absolute atomic E-state index is 13.4. The Labute approximate surface area is 91.6 Å². The molecule has 2 aromatic rings. The predicted molar refractivity (Wildman–Crippen MR) is 59.3 cm³/mol. The van der Waals surface area contributed by atoms with E-state index >= 15 is 0 Å². The van der Waals surface area contributed by atoms with Crippen LogP contribution in [0.25, 0.3) is 0 Å². The quantitative estimate of drug-likeness (QED) is 0.848. The highest BCUT2D eigenvalue weighted by Crippen LogP contribution is 2.26. The Bertz CT molecular complexity index is 467. The van der Waals surface area contributed by atoms with Gasteiger partial charge in [0.05, 0.1) is 11.7 Å². The second kappa shape index (κ2) is 4.08. The molecule has 0 amide bonds. The first-order valence-corrected chi connectivity index (χ1v) is 5.42. The molecule has 1 unspecified atom stereocenters. The van der Waals surface area contributed by atoms with Crippen molar-refractivity contribution in [3.8, 4) is 0 Å². The van der Waals surface area contributed by atoms with Crippen LogP contribution in [0.3, 0.4) is 0 Å². The van der Waals surface area contributed by atoms with E-state index in [-0.39, 0.29) is 5.82 Å². The maximum Gasteiger partial charge on any atom is 0.146 e. The molecule has 78 valence electrons. The molecule has 0 aliphatic carbocycles. The summed E-state index contributed by atoms with van der Waals surface area (Å²) in [4.78, 5) is 6.07. The summed E-state index contributed by atoms with van der Waals surface area (Å²) in [6, 6.07) is 6.36. The molecule has 0 bridgehead atoms. The van der Waals surface area contributed by atoms with Gasteiger partial charge in [-0.1, -0.05) is 0 Å². The second-order valence-corrected chi connectivity index (χ2v) is 4.62. The summed E-state index contributed by atoms with van der Waals surface area (Å²) in [5.74, 6) is -0.351. The second-order valence-electron chi connectivity index (χ2n) is 3.30. The molecular weight excluding hydrogens is 211 g/mol. The summed E-state index contributed by atoms with van der Waals surface area (Å²) < 4.78 is 13.4. The normalized spacial score (nSPS) is 12.7. The van der Waals surface area contributed by atoms with Crippen molar-refractivity contribution in [2.24, 2.45) is 5.73 Å². The zero-order chi connectivity index (χ0) is 10.8. The lowest BCUT2D eigenvalue weighted by Gasteiger charge is -2.09. The van der Waals surface area contributed by atoms with Crippen LogP contribution in [0.2, 0.25) is 0 Å². The highest BCUT2D eigenvalue weighted by Gasteiger charge is 2.15. The van der Waals surface area contributed by atoms with Crippen molar-refractivity contribution in [3.63, 3.8) is 0 Å². The highest BCUT2D eigenvalue weighted by atomic mass is 32.1. The van der Waals surface area contributed by atoms with Gasteiger partial charge in [-0.2, -0.15) is 0 Å². The lowest BCUT2D eigenvalue weighted by Crippen LogP contribution is -2.13. The minimum atomic E-state index is -0.468. The van der Waals surface area contributed by atoms with Gasteiger partial charge in [-0.15, -0.1) is 11.3 Å². The molecule has 2 rings (SSSR count). The molecule has 0 radical (unpaired) electrons. The lowest BCUT2D eigenvalue weighted by molar-refractivity contribution is 0.588. The number of rotatable bonds is 2. The molecule has 2 nitrogen and oxygen atoms in total. The summed E-state index contributed by atoms with van der Waals surface area (Å²) in [5.41, 5.74) is 6.24. The van der Waals surface area contributed by atoms with Crippen molar-refractivity contribution in [2.75, 3.05) is 0 Å². The van der Waals surface area contributed by atoms with Gasteiger partial charge < -0.3 is 5.73 Å². The number of aryl methyl sites for hydroxylation is 1. The molecule has 0 spiro atoms. The van der Waals surface area contributed by atoms with E-state index in [1.165, 1.54) is 6.07 Å². The number of halogens is 1. The van der Waals surface area contributed by atoms with E-state index in [0.29, 0.717) is 5.69 Å². The van der Waals surface area contributed by atoms with E-state index in [0.717, 1.165) is 9.75 Å². The standard InChI is InChI=1S/C11H11FN2S/c1-7-4-5-9(15-7)10(13)11-8(12)3-2-6-14-11/h2-6,10H,13H2,1H3. The fourth-order valence-electron chi connectivity index (χ4n) is 1.38. The number of thiophene rings is 1. The monoisotopic (exact) mass is 222 g/mol. The molecule has 1 atom stereocenters. The van der Waals surface area contributed by atoms with E-state index < -0.39 is 6.04 Å². The van der Waals surface area contributed by atoms with Gasteiger partial charge in [0.25, 0.3) is 0 Å². The molecule has 0 saturated carbocycles. The van der Waals surface area contributed by atoms with Gasteiger partial charge in [0.15, 0.2) is 0 Å². The Kier molecular flexibility index (Phi) is 2.79. The molecule has 2 aromatic heterocycles. The summed E-state index contributed by atoms with van der Waals surface area (Å²) in [6.07, 6.45) is 1.55. The third-order valence-corrected chi connectivity index (χ3v) is 3.23. The molecule has 0 aliphatic rings. The molecule has 15 heavy (non-hydrogen) atoms. The minimum absolute atomic E-state index is 0.305. The van der Waals surface area contributed by atoms with E-state index in [2.05, 4.69) is 4.98 Å². The third-order valence-electron chi connectivity index (χ3n) is 2.15. The Hall–Kier alpha value is -1.26. The van der Waals surface area contributed by atoms with Gasteiger partial charge in [-0.25, -0.2) is 4.39 Å². The number of aromatic nitrogens is 1. The van der Waals surface area contributed by atoms with E-state index in [9.17, 15) is 4.39 Å². The first-order chi connectivity index (χ1) is 7.18. The number of hydrogen-bond acceptors (Lipinski definition) is 3. The number of hydrogen-bond donors (Lipinski definition) is 1. The van der Waals surface area contributed by atoms with Crippen molar-refractivity contribution in [3.05, 3.63) is 51.7 Å². The average Bonchev–Trinajstić information content (AvgIpc) is 2.65. The van der Waals surface area contributed by atoms with Gasteiger partial charge in [-0.05, 0) is 31.2 Å². The summed E-state index contributed by atoms with van der Waals surface area (Å²) in [5, 5.41) is 0. The van der Waals surface area contributed by atoms with Crippen LogP contribution in [0.5, 0.6) is 0 Å². The Morgan fingerprint density at radius 2 is 2.20 bits per heavy atom. The molecular formula is C11H11FN2S. The average molecular weight is 222 g/mol. The van der Waals surface area contributed by atoms with E-state index in [1.54, 1.807) is 23.6 Å². The SMILES string of the molecule is Cc1ccc(C(N)c2ncccc2F)s1. The van der Waals surface area contributed by atoms with Crippen molar-refractivity contribution in [1.29, 1.82) is 0 Å². The topological polar surface area (TPSA) is 38.9 Å². The smallest absolute Gasteiger partial charge is 0.146 e. The first kappa shape index (κ1) is 10.3. The highest BCUT2D eigenvalue weighted by molar-refractivity contribution is 7.12. The fraction of sp³-hybridized carbons (Fsp3) is 0.182. The fourth-order valence-corrected chi connectivity index (χ4v) is 2.26. The zero-order valence-corrected chi connectivity index (χ0v) is 9.09. The Morgan fingerprint density at radius 1 is 1.40 bits per heavy atom. The minimum Gasteiger partial charge on any atom is -0.318 e. The summed E-state index contributed by atoms with van der Waals surface area (Å²) >= 11 is 1.57. The van der Waals surface area contributed by atoms with Crippen LogP contribution in [0.15, 0.2) is 30.5 Å². The molecule has 2 N–H and O–H groups in total. The zero-order valence-electron chi connectivity index (χ0n) is 8.27. The Morgan fingerprint density at radius 3 is 2.80 bits per heavy atom. The maximum atomic E-state index is 13.4. The van der Waals surface area contributed by atoms with Crippen LogP contribution in [0.1, 0.15) is 21.5 Å². The molecule has 0 aromatic carbocycles. The largest absolute Gasteiger partial charge is 0.318 e. The van der Waals surface area contributed by atoms with Gasteiger partial charge >= 0.3 is 0 Å². The molecule has 0 fully saturated rings. The number of nitrogens with two attached hydrogens (primary N) is 1. The van der Waals surface area contributed by atoms with Gasteiger partial charge in [0.2, 0.25) is 0 Å². The first-order valence-electron chi connectivity index (χ1n) is 4.61. The van der Waals surface area contributed by atoms with E-state index in [4.69, 9.17) is 5.73 Å². The molecule has 0 saturated heterocycles. The molecule has 4 heteroatoms. The lowest BCUT2D eigenvalue weighted by atomic mass is 10.1. The van der Waals surface area contributed by atoms with Crippen LogP contribution < -0.4 is 5.73 Å². The third kappa shape index (κ3) is 2.06. The Balaban J connectivity index is 2.36. The predicted octanol–water partition coefficient (Wildman–Crippen LogP) is 2.64. The summed E-state index contributed by atoms with van der Waals surface area (Å²) in [6.45, 7) is 2.00. The van der Waals surface area contributed by atoms with Crippen molar-refractivity contribution < 1.29 is 4.39 Å². The number of nitrogens with zero attached hydrogens (tertiary/aromatic N) is 1.